The summed E-state index contributed by atoms with van der Waals surface area (Å²) in [4.78, 5) is 30.6. The van der Waals surface area contributed by atoms with Crippen molar-refractivity contribution in [3.8, 4) is 6.07 Å². The molecule has 8 heteroatoms. The first-order chi connectivity index (χ1) is 14.1. The van der Waals surface area contributed by atoms with Crippen molar-refractivity contribution in [2.24, 2.45) is 0 Å². The van der Waals surface area contributed by atoms with Crippen LogP contribution >= 0.6 is 0 Å². The number of carbonyl (C=O) groups excluding carboxylic acids is 1. The maximum Gasteiger partial charge on any atom is 0.257 e. The second-order valence-corrected chi connectivity index (χ2v) is 7.90. The van der Waals surface area contributed by atoms with Gasteiger partial charge in [-0.1, -0.05) is 0 Å². The van der Waals surface area contributed by atoms with Crippen LogP contribution in [-0.4, -0.2) is 50.7 Å². The van der Waals surface area contributed by atoms with Crippen LogP contribution in [0.1, 0.15) is 48.7 Å². The molecule has 0 bridgehead atoms. The van der Waals surface area contributed by atoms with E-state index in [9.17, 15) is 4.79 Å². The van der Waals surface area contributed by atoms with Gasteiger partial charge in [0.05, 0.1) is 29.2 Å². The number of anilines is 1. The fraction of sp³-hybridized carbons (Fsp3) is 0.476. The Morgan fingerprint density at radius 3 is 2.76 bits per heavy atom. The number of pyridine rings is 1. The highest BCUT2D eigenvalue weighted by atomic mass is 16.6. The zero-order valence-electron chi connectivity index (χ0n) is 16.3. The lowest BCUT2D eigenvalue weighted by Crippen LogP contribution is -2.50. The number of piperidine rings is 1. The van der Waals surface area contributed by atoms with E-state index in [1.165, 1.54) is 0 Å². The lowest BCUT2D eigenvalue weighted by atomic mass is 9.90. The maximum absolute atomic E-state index is 13.4. The van der Waals surface area contributed by atoms with Crippen molar-refractivity contribution in [2.75, 3.05) is 18.0 Å². The molecule has 8 nitrogen and oxygen atoms in total. The normalized spacial score (nSPS) is 25.3. The molecule has 3 aliphatic rings. The van der Waals surface area contributed by atoms with E-state index < -0.39 is 5.60 Å². The maximum atomic E-state index is 13.4. The summed E-state index contributed by atoms with van der Waals surface area (Å²) in [6.07, 6.45) is 7.84. The van der Waals surface area contributed by atoms with Gasteiger partial charge in [-0.3, -0.25) is 14.8 Å². The number of aryl methyl sites for hydroxylation is 1. The van der Waals surface area contributed by atoms with E-state index in [-0.39, 0.29) is 18.2 Å². The van der Waals surface area contributed by atoms with E-state index in [1.807, 2.05) is 17.9 Å². The summed E-state index contributed by atoms with van der Waals surface area (Å²) in [5.41, 5.74) is 1.40. The van der Waals surface area contributed by atoms with Crippen LogP contribution in [0.15, 0.2) is 30.7 Å². The molecule has 2 aromatic rings. The first-order valence-electron chi connectivity index (χ1n) is 10.0. The van der Waals surface area contributed by atoms with Gasteiger partial charge < -0.3 is 14.5 Å². The van der Waals surface area contributed by atoms with Crippen LogP contribution in [0, 0.1) is 18.3 Å². The SMILES string of the molecule is Cc1nc(N2CCC3(CC2)OC2CCC(c4cnccn4)N2C3=O)ccc1C#N. The Hall–Kier alpha value is -3.05. The van der Waals surface area contributed by atoms with Crippen LogP contribution < -0.4 is 4.90 Å². The van der Waals surface area contributed by atoms with Gasteiger partial charge in [0.2, 0.25) is 0 Å². The van der Waals surface area contributed by atoms with Gasteiger partial charge in [0.1, 0.15) is 18.1 Å². The molecule has 1 spiro atoms. The van der Waals surface area contributed by atoms with Gasteiger partial charge in [-0.05, 0) is 31.9 Å². The van der Waals surface area contributed by atoms with E-state index in [4.69, 9.17) is 10.00 Å². The second-order valence-electron chi connectivity index (χ2n) is 7.90. The molecule has 3 aliphatic heterocycles. The number of hydrogen-bond donors (Lipinski definition) is 0. The van der Waals surface area contributed by atoms with Crippen molar-refractivity contribution in [3.05, 3.63) is 47.7 Å². The Balaban J connectivity index is 1.32. The van der Waals surface area contributed by atoms with Crippen LogP contribution in [0.2, 0.25) is 0 Å². The Morgan fingerprint density at radius 2 is 2.07 bits per heavy atom. The minimum atomic E-state index is -0.746. The molecule has 1 amide bonds. The van der Waals surface area contributed by atoms with Crippen LogP contribution in [-0.2, 0) is 9.53 Å². The van der Waals surface area contributed by atoms with E-state index >= 15 is 0 Å². The summed E-state index contributed by atoms with van der Waals surface area (Å²) < 4.78 is 6.36. The molecule has 3 fully saturated rings. The minimum absolute atomic E-state index is 0.0542. The Labute approximate surface area is 169 Å². The van der Waals surface area contributed by atoms with Crippen molar-refractivity contribution in [3.63, 3.8) is 0 Å². The molecular formula is C21H22N6O2. The number of amides is 1. The molecule has 0 radical (unpaired) electrons. The molecular weight excluding hydrogens is 368 g/mol. The second kappa shape index (κ2) is 6.78. The first-order valence-corrected chi connectivity index (χ1v) is 10.0. The molecule has 148 valence electrons. The third-order valence-electron chi connectivity index (χ3n) is 6.33. The highest BCUT2D eigenvalue weighted by molar-refractivity contribution is 5.88. The minimum Gasteiger partial charge on any atom is -0.356 e. The smallest absolute Gasteiger partial charge is 0.257 e. The number of hydrogen-bond acceptors (Lipinski definition) is 7. The van der Waals surface area contributed by atoms with Crippen LogP contribution in [0.4, 0.5) is 5.82 Å². The van der Waals surface area contributed by atoms with Crippen LogP contribution in [0.25, 0.3) is 0 Å². The lowest BCUT2D eigenvalue weighted by molar-refractivity contribution is -0.140. The molecule has 2 atom stereocenters. The number of nitrogens with zero attached hydrogens (tertiary/aromatic N) is 6. The highest BCUT2D eigenvalue weighted by Crippen LogP contribution is 2.47. The molecule has 0 saturated carbocycles. The highest BCUT2D eigenvalue weighted by Gasteiger charge is 2.58. The summed E-state index contributed by atoms with van der Waals surface area (Å²) in [6, 6.07) is 5.78. The number of fused-ring (bicyclic) bond motifs is 1. The average molecular weight is 390 g/mol. The zero-order chi connectivity index (χ0) is 20.0. The number of carbonyl (C=O) groups is 1. The van der Waals surface area contributed by atoms with E-state index in [2.05, 4.69) is 25.9 Å². The average Bonchev–Trinajstić information content (AvgIpc) is 3.27. The molecule has 0 aromatic carbocycles. The van der Waals surface area contributed by atoms with Gasteiger partial charge in [0.15, 0.2) is 5.60 Å². The third-order valence-corrected chi connectivity index (χ3v) is 6.33. The van der Waals surface area contributed by atoms with Crippen molar-refractivity contribution in [1.29, 1.82) is 5.26 Å². The molecule has 2 unspecified atom stereocenters. The fourth-order valence-electron chi connectivity index (χ4n) is 4.76. The standard InChI is InChI=1S/C21H22N6O2/c1-14-15(12-22)2-4-18(25-14)26-10-6-21(7-11-26)20(28)27-17(3-5-19(27)29-21)16-13-23-8-9-24-16/h2,4,8-9,13,17,19H,3,5-7,10-11H2,1H3. The van der Waals surface area contributed by atoms with Crippen molar-refractivity contribution >= 4 is 11.7 Å². The largest absolute Gasteiger partial charge is 0.356 e. The Kier molecular flexibility index (Phi) is 4.21. The Bertz CT molecular complexity index is 980. The summed E-state index contributed by atoms with van der Waals surface area (Å²) in [5, 5.41) is 9.10. The molecule has 5 rings (SSSR count). The van der Waals surface area contributed by atoms with Gasteiger partial charge in [0.25, 0.3) is 5.91 Å². The molecule has 0 aliphatic carbocycles. The van der Waals surface area contributed by atoms with E-state index in [0.717, 1.165) is 30.0 Å². The van der Waals surface area contributed by atoms with Gasteiger partial charge in [-0.25, -0.2) is 4.98 Å². The molecule has 5 heterocycles. The van der Waals surface area contributed by atoms with E-state index in [1.54, 1.807) is 24.7 Å². The van der Waals surface area contributed by atoms with Crippen LogP contribution in [0.5, 0.6) is 0 Å². The Morgan fingerprint density at radius 1 is 1.24 bits per heavy atom. The topological polar surface area (TPSA) is 95.2 Å². The quantitative estimate of drug-likeness (QED) is 0.775. The van der Waals surface area contributed by atoms with Crippen molar-refractivity contribution in [1.82, 2.24) is 19.9 Å². The lowest BCUT2D eigenvalue weighted by Gasteiger charge is -2.38. The molecule has 3 saturated heterocycles. The predicted octanol–water partition coefficient (Wildman–Crippen LogP) is 2.11. The van der Waals surface area contributed by atoms with Crippen LogP contribution in [0.3, 0.4) is 0 Å². The number of ether oxygens (including phenoxy) is 1. The predicted molar refractivity (Wildman–Crippen MR) is 104 cm³/mol. The van der Waals surface area contributed by atoms with Gasteiger partial charge in [-0.15, -0.1) is 0 Å². The van der Waals surface area contributed by atoms with Gasteiger partial charge >= 0.3 is 0 Å². The van der Waals surface area contributed by atoms with Crippen molar-refractivity contribution < 1.29 is 9.53 Å². The third kappa shape index (κ3) is 2.85. The fourth-order valence-corrected chi connectivity index (χ4v) is 4.76. The van der Waals surface area contributed by atoms with Gasteiger partial charge in [-0.2, -0.15) is 5.26 Å². The van der Waals surface area contributed by atoms with Crippen molar-refractivity contribution in [2.45, 2.75) is 50.5 Å². The monoisotopic (exact) mass is 390 g/mol. The molecule has 0 N–H and O–H groups in total. The first kappa shape index (κ1) is 18.0. The summed E-state index contributed by atoms with van der Waals surface area (Å²) in [7, 11) is 0. The van der Waals surface area contributed by atoms with Gasteiger partial charge in [0, 0.05) is 38.3 Å². The number of nitriles is 1. The summed E-state index contributed by atoms with van der Waals surface area (Å²) in [5.74, 6) is 0.930. The summed E-state index contributed by atoms with van der Waals surface area (Å²) >= 11 is 0. The number of aromatic nitrogens is 3. The number of rotatable bonds is 2. The molecule has 29 heavy (non-hydrogen) atoms. The molecule has 2 aromatic heterocycles. The zero-order valence-corrected chi connectivity index (χ0v) is 16.3. The summed E-state index contributed by atoms with van der Waals surface area (Å²) in [6.45, 7) is 3.24. The van der Waals surface area contributed by atoms with E-state index in [0.29, 0.717) is 31.5 Å².